The molecule has 0 amide bonds. The molecule has 0 N–H and O–H groups in total. The Kier molecular flexibility index (Phi) is 2.73. The summed E-state index contributed by atoms with van der Waals surface area (Å²) < 4.78 is 17.0. The van der Waals surface area contributed by atoms with E-state index in [9.17, 15) is 0 Å². The number of aryl methyl sites for hydroxylation is 1. The van der Waals surface area contributed by atoms with Crippen LogP contribution < -0.4 is 9.47 Å². The Bertz CT molecular complexity index is 702. The van der Waals surface area contributed by atoms with Gasteiger partial charge in [0.05, 0.1) is 20.8 Å². The number of rotatable bonds is 2. The minimum atomic E-state index is -0.276. The number of fused-ring (bicyclic) bond motifs is 4. The van der Waals surface area contributed by atoms with Gasteiger partial charge >= 0.3 is 0 Å². The molecule has 0 radical (unpaired) electrons. The van der Waals surface area contributed by atoms with Crippen LogP contribution in [-0.2, 0) is 23.2 Å². The van der Waals surface area contributed by atoms with Gasteiger partial charge in [0.1, 0.15) is 5.60 Å². The highest BCUT2D eigenvalue weighted by Crippen LogP contribution is 2.52. The molecule has 1 fully saturated rings. The molecular formula is C18H18O3. The lowest BCUT2D eigenvalue weighted by molar-refractivity contribution is 0.337. The van der Waals surface area contributed by atoms with Crippen LogP contribution in [0.3, 0.4) is 0 Å². The van der Waals surface area contributed by atoms with Crippen LogP contribution in [0.2, 0.25) is 0 Å². The first-order valence-corrected chi connectivity index (χ1v) is 7.27. The third-order valence-corrected chi connectivity index (χ3v) is 4.61. The lowest BCUT2D eigenvalue weighted by Crippen LogP contribution is -2.13. The Labute approximate surface area is 124 Å². The van der Waals surface area contributed by atoms with Crippen LogP contribution in [0.1, 0.15) is 22.3 Å². The van der Waals surface area contributed by atoms with Crippen LogP contribution >= 0.6 is 0 Å². The highest BCUT2D eigenvalue weighted by Gasteiger charge is 2.52. The normalized spacial score (nSPS) is 22.2. The van der Waals surface area contributed by atoms with Gasteiger partial charge in [-0.3, -0.25) is 0 Å². The number of methoxy groups -OCH3 is 2. The van der Waals surface area contributed by atoms with Gasteiger partial charge in [-0.15, -0.1) is 0 Å². The van der Waals surface area contributed by atoms with Crippen molar-refractivity contribution in [3.8, 4) is 11.5 Å². The molecule has 1 aliphatic heterocycles. The SMILES string of the molecule is COc1ccc2c(c1OC)CCc1ccccc1[C@@]21CO1. The van der Waals surface area contributed by atoms with Crippen molar-refractivity contribution in [2.75, 3.05) is 20.8 Å². The molecule has 3 nitrogen and oxygen atoms in total. The number of benzene rings is 2. The average molecular weight is 282 g/mol. The second kappa shape index (κ2) is 4.50. The maximum absolute atomic E-state index is 5.95. The summed E-state index contributed by atoms with van der Waals surface area (Å²) in [6, 6.07) is 12.7. The van der Waals surface area contributed by atoms with Crippen LogP contribution in [0.15, 0.2) is 36.4 Å². The number of epoxide rings is 1. The van der Waals surface area contributed by atoms with Crippen LogP contribution in [-0.4, -0.2) is 20.8 Å². The van der Waals surface area contributed by atoms with Crippen molar-refractivity contribution in [3.63, 3.8) is 0 Å². The van der Waals surface area contributed by atoms with Gasteiger partial charge in [-0.2, -0.15) is 0 Å². The second-order valence-electron chi connectivity index (χ2n) is 5.60. The van der Waals surface area contributed by atoms with Gasteiger partial charge in [0, 0.05) is 5.56 Å². The Hall–Kier alpha value is -2.00. The Morgan fingerprint density at radius 3 is 2.48 bits per heavy atom. The summed E-state index contributed by atoms with van der Waals surface area (Å²) in [5.41, 5.74) is 4.83. The minimum Gasteiger partial charge on any atom is -0.493 e. The lowest BCUT2D eigenvalue weighted by atomic mass is 9.88. The summed E-state index contributed by atoms with van der Waals surface area (Å²) in [5.74, 6) is 1.63. The molecule has 21 heavy (non-hydrogen) atoms. The Morgan fingerprint density at radius 2 is 1.76 bits per heavy atom. The summed E-state index contributed by atoms with van der Waals surface area (Å²) in [7, 11) is 3.38. The predicted molar refractivity (Wildman–Crippen MR) is 80.1 cm³/mol. The van der Waals surface area contributed by atoms with E-state index in [4.69, 9.17) is 14.2 Å². The van der Waals surface area contributed by atoms with Crippen molar-refractivity contribution >= 4 is 0 Å². The van der Waals surface area contributed by atoms with Gasteiger partial charge in [0.2, 0.25) is 0 Å². The predicted octanol–water partition coefficient (Wildman–Crippen LogP) is 3.08. The van der Waals surface area contributed by atoms with Crippen LogP contribution in [0.5, 0.6) is 11.5 Å². The molecule has 4 rings (SSSR count). The fourth-order valence-corrected chi connectivity index (χ4v) is 3.54. The fraction of sp³-hybridized carbons (Fsp3) is 0.333. The summed E-state index contributed by atoms with van der Waals surface area (Å²) in [4.78, 5) is 0. The first kappa shape index (κ1) is 12.7. The fourth-order valence-electron chi connectivity index (χ4n) is 3.54. The zero-order valence-electron chi connectivity index (χ0n) is 12.3. The van der Waals surface area contributed by atoms with Crippen molar-refractivity contribution in [1.29, 1.82) is 0 Å². The van der Waals surface area contributed by atoms with Crippen LogP contribution in [0.4, 0.5) is 0 Å². The van der Waals surface area contributed by atoms with Gasteiger partial charge in [-0.25, -0.2) is 0 Å². The van der Waals surface area contributed by atoms with Crippen LogP contribution in [0.25, 0.3) is 0 Å². The molecule has 1 saturated heterocycles. The van der Waals surface area contributed by atoms with Gasteiger partial charge in [-0.1, -0.05) is 30.3 Å². The van der Waals surface area contributed by atoms with E-state index in [-0.39, 0.29) is 5.60 Å². The Balaban J connectivity index is 1.96. The molecule has 108 valence electrons. The molecule has 3 heteroatoms. The second-order valence-corrected chi connectivity index (χ2v) is 5.60. The molecule has 2 aromatic carbocycles. The molecule has 1 atom stereocenters. The third kappa shape index (κ3) is 1.70. The maximum atomic E-state index is 5.95. The van der Waals surface area contributed by atoms with Crippen molar-refractivity contribution in [2.24, 2.45) is 0 Å². The minimum absolute atomic E-state index is 0.276. The summed E-state index contributed by atoms with van der Waals surface area (Å²) >= 11 is 0. The topological polar surface area (TPSA) is 31.0 Å². The van der Waals surface area contributed by atoms with E-state index < -0.39 is 0 Å². The van der Waals surface area contributed by atoms with Crippen molar-refractivity contribution in [3.05, 3.63) is 58.7 Å². The van der Waals surface area contributed by atoms with Gasteiger partial charge in [-0.05, 0) is 35.6 Å². The van der Waals surface area contributed by atoms with E-state index in [2.05, 4.69) is 30.3 Å². The largest absolute Gasteiger partial charge is 0.493 e. The van der Waals surface area contributed by atoms with E-state index in [0.29, 0.717) is 0 Å². The van der Waals surface area contributed by atoms with Gasteiger partial charge < -0.3 is 14.2 Å². The van der Waals surface area contributed by atoms with Crippen molar-refractivity contribution < 1.29 is 14.2 Å². The smallest absolute Gasteiger partial charge is 0.164 e. The summed E-state index contributed by atoms with van der Waals surface area (Å²) in [5, 5.41) is 0. The number of hydrogen-bond acceptors (Lipinski definition) is 3. The van der Waals surface area contributed by atoms with E-state index in [1.54, 1.807) is 14.2 Å². The molecule has 1 heterocycles. The first-order valence-electron chi connectivity index (χ1n) is 7.27. The molecule has 1 spiro atoms. The zero-order chi connectivity index (χ0) is 14.4. The molecule has 0 bridgehead atoms. The van der Waals surface area contributed by atoms with E-state index in [1.165, 1.54) is 22.3 Å². The molecular weight excluding hydrogens is 264 g/mol. The van der Waals surface area contributed by atoms with E-state index in [1.807, 2.05) is 6.07 Å². The lowest BCUT2D eigenvalue weighted by Gasteiger charge is -2.19. The van der Waals surface area contributed by atoms with E-state index in [0.717, 1.165) is 30.9 Å². The van der Waals surface area contributed by atoms with Crippen molar-refractivity contribution in [2.45, 2.75) is 18.4 Å². The zero-order valence-corrected chi connectivity index (χ0v) is 12.3. The van der Waals surface area contributed by atoms with E-state index >= 15 is 0 Å². The average Bonchev–Trinajstić information content (AvgIpc) is 3.34. The molecule has 2 aromatic rings. The Morgan fingerprint density at radius 1 is 0.952 bits per heavy atom. The van der Waals surface area contributed by atoms with Crippen LogP contribution in [0, 0.1) is 0 Å². The number of ether oxygens (including phenoxy) is 3. The first-order chi connectivity index (χ1) is 10.3. The molecule has 0 saturated carbocycles. The maximum Gasteiger partial charge on any atom is 0.164 e. The summed E-state index contributed by atoms with van der Waals surface area (Å²) in [6.45, 7) is 0.743. The molecule has 2 aliphatic rings. The van der Waals surface area contributed by atoms with Gasteiger partial charge in [0.25, 0.3) is 0 Å². The van der Waals surface area contributed by atoms with Crippen molar-refractivity contribution in [1.82, 2.24) is 0 Å². The molecule has 0 unspecified atom stereocenters. The quantitative estimate of drug-likeness (QED) is 0.793. The highest BCUT2D eigenvalue weighted by atomic mass is 16.6. The monoisotopic (exact) mass is 282 g/mol. The highest BCUT2D eigenvalue weighted by molar-refractivity contribution is 5.59. The molecule has 0 aromatic heterocycles. The third-order valence-electron chi connectivity index (χ3n) is 4.61. The number of hydrogen-bond donors (Lipinski definition) is 0. The van der Waals surface area contributed by atoms with Gasteiger partial charge in [0.15, 0.2) is 11.5 Å². The molecule has 1 aliphatic carbocycles. The standard InChI is InChI=1S/C18H18O3/c1-19-16-10-9-15-13(17(16)20-2)8-7-12-5-3-4-6-14(12)18(15)11-21-18/h3-6,9-10H,7-8,11H2,1-2H3/t18-/m0/s1. The summed E-state index contributed by atoms with van der Waals surface area (Å²) in [6.07, 6.45) is 1.94.